The Bertz CT molecular complexity index is 359. The summed E-state index contributed by atoms with van der Waals surface area (Å²) in [5, 5.41) is 9.37. The van der Waals surface area contributed by atoms with Gasteiger partial charge in [0, 0.05) is 19.1 Å². The molecule has 3 atom stereocenters. The van der Waals surface area contributed by atoms with Crippen LogP contribution in [-0.4, -0.2) is 52.1 Å². The molecular formula is C14H24N2O3. The molecule has 2 aliphatic heterocycles. The van der Waals surface area contributed by atoms with Crippen molar-refractivity contribution in [3.63, 3.8) is 0 Å². The number of amides is 2. The van der Waals surface area contributed by atoms with Crippen LogP contribution in [0.4, 0.5) is 4.79 Å². The second kappa shape index (κ2) is 5.80. The van der Waals surface area contributed by atoms with Gasteiger partial charge in [-0.25, -0.2) is 9.59 Å². The zero-order valence-corrected chi connectivity index (χ0v) is 11.8. The first-order chi connectivity index (χ1) is 9.04. The van der Waals surface area contributed by atoms with E-state index < -0.39 is 12.0 Å². The minimum Gasteiger partial charge on any atom is -0.480 e. The lowest BCUT2D eigenvalue weighted by Gasteiger charge is -2.39. The van der Waals surface area contributed by atoms with Gasteiger partial charge in [-0.15, -0.1) is 0 Å². The summed E-state index contributed by atoms with van der Waals surface area (Å²) < 4.78 is 0. The number of carboxylic acids is 1. The molecule has 0 aromatic carbocycles. The molecule has 5 nitrogen and oxygen atoms in total. The average Bonchev–Trinajstić information content (AvgIpc) is 2.83. The lowest BCUT2D eigenvalue weighted by molar-refractivity contribution is -0.144. The molecule has 0 saturated carbocycles. The normalized spacial score (nSPS) is 31.6. The van der Waals surface area contributed by atoms with Gasteiger partial charge in [-0.3, -0.25) is 0 Å². The van der Waals surface area contributed by atoms with E-state index in [4.69, 9.17) is 0 Å². The van der Waals surface area contributed by atoms with E-state index in [2.05, 4.69) is 6.92 Å². The van der Waals surface area contributed by atoms with Crippen LogP contribution < -0.4 is 0 Å². The summed E-state index contributed by atoms with van der Waals surface area (Å²) in [6, 6.07) is -0.475. The molecule has 3 unspecified atom stereocenters. The number of rotatable bonds is 2. The Labute approximate surface area is 114 Å². The predicted molar refractivity (Wildman–Crippen MR) is 71.9 cm³/mol. The Kier molecular flexibility index (Phi) is 4.32. The van der Waals surface area contributed by atoms with Crippen molar-refractivity contribution in [3.05, 3.63) is 0 Å². The van der Waals surface area contributed by atoms with Gasteiger partial charge >= 0.3 is 12.0 Å². The van der Waals surface area contributed by atoms with Gasteiger partial charge in [0.25, 0.3) is 0 Å². The van der Waals surface area contributed by atoms with Gasteiger partial charge in [-0.2, -0.15) is 0 Å². The van der Waals surface area contributed by atoms with Gasteiger partial charge < -0.3 is 14.9 Å². The second-order valence-corrected chi connectivity index (χ2v) is 5.81. The van der Waals surface area contributed by atoms with E-state index in [0.717, 1.165) is 32.2 Å². The number of nitrogens with zero attached hydrogens (tertiary/aromatic N) is 2. The molecule has 2 amide bonds. The van der Waals surface area contributed by atoms with E-state index in [-0.39, 0.29) is 12.1 Å². The number of urea groups is 1. The largest absolute Gasteiger partial charge is 0.480 e. The molecule has 2 fully saturated rings. The van der Waals surface area contributed by atoms with Gasteiger partial charge in [-0.1, -0.05) is 13.3 Å². The molecule has 5 heteroatoms. The van der Waals surface area contributed by atoms with Crippen LogP contribution in [0.5, 0.6) is 0 Å². The number of carbonyl (C=O) groups excluding carboxylic acids is 1. The lowest BCUT2D eigenvalue weighted by atomic mass is 9.89. The average molecular weight is 268 g/mol. The van der Waals surface area contributed by atoms with Gasteiger partial charge in [0.2, 0.25) is 0 Å². The highest BCUT2D eigenvalue weighted by Gasteiger charge is 2.39. The van der Waals surface area contributed by atoms with E-state index >= 15 is 0 Å². The van der Waals surface area contributed by atoms with Crippen LogP contribution in [0.15, 0.2) is 0 Å². The highest BCUT2D eigenvalue weighted by atomic mass is 16.4. The van der Waals surface area contributed by atoms with Crippen molar-refractivity contribution in [3.8, 4) is 0 Å². The molecule has 2 saturated heterocycles. The molecule has 0 radical (unpaired) electrons. The fourth-order valence-electron chi connectivity index (χ4n) is 3.25. The van der Waals surface area contributed by atoms with E-state index in [1.54, 1.807) is 4.90 Å². The maximum Gasteiger partial charge on any atom is 0.326 e. The first kappa shape index (κ1) is 14.2. The molecule has 0 aromatic rings. The number of carbonyl (C=O) groups is 2. The molecule has 2 rings (SSSR count). The molecule has 0 aromatic heterocycles. The predicted octanol–water partition coefficient (Wildman–Crippen LogP) is 2.17. The van der Waals surface area contributed by atoms with Crippen LogP contribution in [-0.2, 0) is 4.79 Å². The van der Waals surface area contributed by atoms with Gasteiger partial charge in [0.05, 0.1) is 0 Å². The maximum atomic E-state index is 12.5. The summed E-state index contributed by atoms with van der Waals surface area (Å²) in [7, 11) is 0. The lowest BCUT2D eigenvalue weighted by Crippen LogP contribution is -2.55. The van der Waals surface area contributed by atoms with E-state index in [1.807, 2.05) is 11.8 Å². The van der Waals surface area contributed by atoms with Gasteiger partial charge in [0.1, 0.15) is 6.04 Å². The smallest absolute Gasteiger partial charge is 0.326 e. The minimum atomic E-state index is -0.863. The first-order valence-corrected chi connectivity index (χ1v) is 7.34. The zero-order chi connectivity index (χ0) is 14.0. The molecule has 19 heavy (non-hydrogen) atoms. The van der Waals surface area contributed by atoms with Crippen LogP contribution in [0.1, 0.15) is 46.0 Å². The third-order valence-corrected chi connectivity index (χ3v) is 4.62. The molecule has 108 valence electrons. The van der Waals surface area contributed by atoms with Crippen LogP contribution >= 0.6 is 0 Å². The van der Waals surface area contributed by atoms with Crippen LogP contribution in [0.2, 0.25) is 0 Å². The third kappa shape index (κ3) is 2.85. The van der Waals surface area contributed by atoms with Crippen molar-refractivity contribution in [1.82, 2.24) is 9.80 Å². The maximum absolute atomic E-state index is 12.5. The van der Waals surface area contributed by atoms with Crippen LogP contribution in [0.25, 0.3) is 0 Å². The Morgan fingerprint density at radius 2 is 1.95 bits per heavy atom. The van der Waals surface area contributed by atoms with E-state index in [9.17, 15) is 14.7 Å². The van der Waals surface area contributed by atoms with Crippen molar-refractivity contribution >= 4 is 12.0 Å². The molecule has 2 heterocycles. The zero-order valence-electron chi connectivity index (χ0n) is 11.8. The van der Waals surface area contributed by atoms with Crippen LogP contribution in [0.3, 0.4) is 0 Å². The highest BCUT2D eigenvalue weighted by Crippen LogP contribution is 2.28. The van der Waals surface area contributed by atoms with Crippen molar-refractivity contribution in [2.24, 2.45) is 5.92 Å². The fourth-order valence-corrected chi connectivity index (χ4v) is 3.25. The summed E-state index contributed by atoms with van der Waals surface area (Å²) in [5.41, 5.74) is 0. The molecule has 0 aliphatic carbocycles. The van der Waals surface area contributed by atoms with Crippen molar-refractivity contribution in [1.29, 1.82) is 0 Å². The van der Waals surface area contributed by atoms with Crippen LogP contribution in [0, 0.1) is 5.92 Å². The molecule has 1 N–H and O–H groups in total. The minimum absolute atomic E-state index is 0.0769. The summed E-state index contributed by atoms with van der Waals surface area (Å²) in [5.74, 6) is -0.431. The van der Waals surface area contributed by atoms with E-state index in [0.29, 0.717) is 18.9 Å². The first-order valence-electron chi connectivity index (χ1n) is 7.34. The Morgan fingerprint density at radius 3 is 2.47 bits per heavy atom. The Hall–Kier alpha value is -1.26. The Morgan fingerprint density at radius 1 is 1.21 bits per heavy atom. The third-order valence-electron chi connectivity index (χ3n) is 4.62. The Balaban J connectivity index is 2.08. The highest BCUT2D eigenvalue weighted by molar-refractivity contribution is 5.83. The second-order valence-electron chi connectivity index (χ2n) is 5.81. The number of likely N-dealkylation sites (tertiary alicyclic amines) is 2. The molecule has 0 spiro atoms. The number of hydrogen-bond acceptors (Lipinski definition) is 2. The number of aliphatic carboxylic acids is 1. The van der Waals surface area contributed by atoms with Gasteiger partial charge in [-0.05, 0) is 38.5 Å². The monoisotopic (exact) mass is 268 g/mol. The van der Waals surface area contributed by atoms with Gasteiger partial charge in [0.15, 0.2) is 0 Å². The van der Waals surface area contributed by atoms with E-state index in [1.165, 1.54) is 0 Å². The summed E-state index contributed by atoms with van der Waals surface area (Å²) in [6.07, 6.45) is 4.56. The fraction of sp³-hybridized carbons (Fsp3) is 0.857. The molecule has 0 bridgehead atoms. The number of carboxylic acid groups (broad SMARTS) is 1. The standard InChI is InChI=1S/C14H24N2O3/c1-3-11-6-8-16(12(9-11)13(17)18)14(19)15-7-4-5-10(15)2/h10-12H,3-9H2,1-2H3,(H,17,18). The SMILES string of the molecule is CCC1CCN(C(=O)N2CCCC2C)C(C(=O)O)C1. The molecular weight excluding hydrogens is 244 g/mol. The summed E-state index contributed by atoms with van der Waals surface area (Å²) in [4.78, 5) is 27.3. The van der Waals surface area contributed by atoms with Crippen molar-refractivity contribution in [2.75, 3.05) is 13.1 Å². The summed E-state index contributed by atoms with van der Waals surface area (Å²) in [6.45, 7) is 5.47. The quantitative estimate of drug-likeness (QED) is 0.835. The van der Waals surface area contributed by atoms with Crippen molar-refractivity contribution in [2.45, 2.75) is 58.0 Å². The topological polar surface area (TPSA) is 60.9 Å². The summed E-state index contributed by atoms with van der Waals surface area (Å²) >= 11 is 0. The van der Waals surface area contributed by atoms with Crippen molar-refractivity contribution < 1.29 is 14.7 Å². The number of hydrogen-bond donors (Lipinski definition) is 1. The molecule has 2 aliphatic rings. The number of piperidine rings is 1.